The van der Waals surface area contributed by atoms with Crippen molar-refractivity contribution in [3.63, 3.8) is 0 Å². The molecule has 0 bridgehead atoms. The highest BCUT2D eigenvalue weighted by atomic mass is 32.2. The SMILES string of the molecule is CSCCCCNCc1cc(C)nc2ccccc12. The van der Waals surface area contributed by atoms with Crippen molar-refractivity contribution in [2.75, 3.05) is 18.6 Å². The fourth-order valence-corrected chi connectivity index (χ4v) is 2.75. The monoisotopic (exact) mass is 274 g/mol. The van der Waals surface area contributed by atoms with Crippen LogP contribution in [-0.4, -0.2) is 23.5 Å². The quantitative estimate of drug-likeness (QED) is 0.778. The van der Waals surface area contributed by atoms with Crippen LogP contribution in [0, 0.1) is 6.92 Å². The number of aromatic nitrogens is 1. The van der Waals surface area contributed by atoms with Crippen molar-refractivity contribution in [1.82, 2.24) is 10.3 Å². The fraction of sp³-hybridized carbons (Fsp3) is 0.438. The molecule has 1 aromatic carbocycles. The van der Waals surface area contributed by atoms with Gasteiger partial charge in [0.25, 0.3) is 0 Å². The lowest BCUT2D eigenvalue weighted by Gasteiger charge is -2.09. The molecular weight excluding hydrogens is 252 g/mol. The van der Waals surface area contributed by atoms with Gasteiger partial charge in [0, 0.05) is 17.6 Å². The molecule has 0 amide bonds. The minimum atomic E-state index is 0.934. The molecule has 0 radical (unpaired) electrons. The molecule has 2 nitrogen and oxygen atoms in total. The van der Waals surface area contributed by atoms with Gasteiger partial charge >= 0.3 is 0 Å². The average molecular weight is 274 g/mol. The number of nitrogens with one attached hydrogen (secondary N) is 1. The number of unbranched alkanes of at least 4 members (excludes halogenated alkanes) is 1. The van der Waals surface area contributed by atoms with E-state index in [1.165, 1.54) is 29.5 Å². The number of rotatable bonds is 7. The van der Waals surface area contributed by atoms with Crippen LogP contribution in [0.4, 0.5) is 0 Å². The molecule has 0 atom stereocenters. The second-order valence-electron chi connectivity index (χ2n) is 4.82. The van der Waals surface area contributed by atoms with Crippen LogP contribution >= 0.6 is 11.8 Å². The second-order valence-corrected chi connectivity index (χ2v) is 5.80. The lowest BCUT2D eigenvalue weighted by molar-refractivity contribution is 0.645. The largest absolute Gasteiger partial charge is 0.313 e. The molecule has 0 saturated heterocycles. The van der Waals surface area contributed by atoms with Crippen LogP contribution in [-0.2, 0) is 6.54 Å². The van der Waals surface area contributed by atoms with Crippen LogP contribution in [0.1, 0.15) is 24.1 Å². The van der Waals surface area contributed by atoms with E-state index in [9.17, 15) is 0 Å². The summed E-state index contributed by atoms with van der Waals surface area (Å²) in [5.74, 6) is 1.26. The highest BCUT2D eigenvalue weighted by molar-refractivity contribution is 7.98. The van der Waals surface area contributed by atoms with Crippen molar-refractivity contribution in [1.29, 1.82) is 0 Å². The van der Waals surface area contributed by atoms with E-state index in [1.54, 1.807) is 0 Å². The van der Waals surface area contributed by atoms with E-state index in [0.717, 1.165) is 24.3 Å². The molecule has 0 aliphatic carbocycles. The minimum absolute atomic E-state index is 0.934. The first kappa shape index (κ1) is 14.4. The third kappa shape index (κ3) is 4.22. The lowest BCUT2D eigenvalue weighted by Crippen LogP contribution is -2.15. The number of pyridine rings is 1. The molecule has 0 spiro atoms. The highest BCUT2D eigenvalue weighted by Gasteiger charge is 2.02. The Morgan fingerprint density at radius 2 is 2.05 bits per heavy atom. The van der Waals surface area contributed by atoms with Crippen LogP contribution in [0.2, 0.25) is 0 Å². The fourth-order valence-electron chi connectivity index (χ4n) is 2.26. The van der Waals surface area contributed by atoms with Gasteiger partial charge < -0.3 is 5.32 Å². The zero-order chi connectivity index (χ0) is 13.5. The zero-order valence-corrected chi connectivity index (χ0v) is 12.6. The molecular formula is C16H22N2S. The van der Waals surface area contributed by atoms with Crippen LogP contribution in [0.3, 0.4) is 0 Å². The maximum absolute atomic E-state index is 4.57. The van der Waals surface area contributed by atoms with Gasteiger partial charge in [-0.25, -0.2) is 0 Å². The molecule has 0 aliphatic heterocycles. The topological polar surface area (TPSA) is 24.9 Å². The van der Waals surface area contributed by atoms with Gasteiger partial charge in [-0.05, 0) is 56.0 Å². The Morgan fingerprint density at radius 1 is 1.21 bits per heavy atom. The van der Waals surface area contributed by atoms with Crippen molar-refractivity contribution in [3.05, 3.63) is 41.6 Å². The van der Waals surface area contributed by atoms with Crippen LogP contribution < -0.4 is 5.32 Å². The van der Waals surface area contributed by atoms with Crippen molar-refractivity contribution >= 4 is 22.7 Å². The summed E-state index contributed by atoms with van der Waals surface area (Å²) in [6, 6.07) is 10.6. The molecule has 3 heteroatoms. The molecule has 1 N–H and O–H groups in total. The number of fused-ring (bicyclic) bond motifs is 1. The number of hydrogen-bond acceptors (Lipinski definition) is 3. The summed E-state index contributed by atoms with van der Waals surface area (Å²) in [5.41, 5.74) is 3.55. The third-order valence-corrected chi connectivity index (χ3v) is 3.89. The summed E-state index contributed by atoms with van der Waals surface area (Å²) in [5, 5.41) is 4.81. The molecule has 2 aromatic rings. The number of benzene rings is 1. The summed E-state index contributed by atoms with van der Waals surface area (Å²) in [4.78, 5) is 4.57. The number of hydrogen-bond donors (Lipinski definition) is 1. The van der Waals surface area contributed by atoms with Gasteiger partial charge in [0.1, 0.15) is 0 Å². The van der Waals surface area contributed by atoms with Crippen molar-refractivity contribution < 1.29 is 0 Å². The van der Waals surface area contributed by atoms with Crippen molar-refractivity contribution in [2.45, 2.75) is 26.3 Å². The normalized spacial score (nSPS) is 11.1. The summed E-state index contributed by atoms with van der Waals surface area (Å²) in [6.07, 6.45) is 4.71. The van der Waals surface area contributed by atoms with E-state index in [0.29, 0.717) is 0 Å². The predicted octanol–water partition coefficient (Wildman–Crippen LogP) is 3.78. The van der Waals surface area contributed by atoms with Crippen molar-refractivity contribution in [2.24, 2.45) is 0 Å². The van der Waals surface area contributed by atoms with E-state index >= 15 is 0 Å². The highest BCUT2D eigenvalue weighted by Crippen LogP contribution is 2.17. The zero-order valence-electron chi connectivity index (χ0n) is 11.8. The van der Waals surface area contributed by atoms with E-state index < -0.39 is 0 Å². The Balaban J connectivity index is 1.96. The maximum atomic E-state index is 4.57. The molecule has 0 saturated carbocycles. The Bertz CT molecular complexity index is 525. The van der Waals surface area contributed by atoms with Gasteiger partial charge in [-0.3, -0.25) is 4.98 Å². The number of aryl methyl sites for hydroxylation is 1. The van der Waals surface area contributed by atoms with Gasteiger partial charge in [0.15, 0.2) is 0 Å². The Kier molecular flexibility index (Phi) is 5.67. The number of nitrogens with zero attached hydrogens (tertiary/aromatic N) is 1. The Hall–Kier alpha value is -1.06. The summed E-state index contributed by atoms with van der Waals surface area (Å²) in [6.45, 7) is 4.09. The maximum Gasteiger partial charge on any atom is 0.0708 e. The van der Waals surface area contributed by atoms with Gasteiger partial charge in [0.2, 0.25) is 0 Å². The molecule has 0 unspecified atom stereocenters. The second kappa shape index (κ2) is 7.51. The van der Waals surface area contributed by atoms with Crippen LogP contribution in [0.25, 0.3) is 10.9 Å². The Morgan fingerprint density at radius 3 is 2.89 bits per heavy atom. The molecule has 102 valence electrons. The van der Waals surface area contributed by atoms with E-state index in [1.807, 2.05) is 17.8 Å². The first-order chi connectivity index (χ1) is 9.31. The van der Waals surface area contributed by atoms with E-state index in [4.69, 9.17) is 0 Å². The van der Waals surface area contributed by atoms with Crippen LogP contribution in [0.5, 0.6) is 0 Å². The van der Waals surface area contributed by atoms with Crippen molar-refractivity contribution in [3.8, 4) is 0 Å². The molecule has 0 fully saturated rings. The summed E-state index contributed by atoms with van der Waals surface area (Å²) < 4.78 is 0. The summed E-state index contributed by atoms with van der Waals surface area (Å²) in [7, 11) is 0. The van der Waals surface area contributed by atoms with E-state index in [2.05, 4.69) is 47.7 Å². The number of para-hydroxylation sites is 1. The Labute approximate surface area is 120 Å². The molecule has 1 heterocycles. The van der Waals surface area contributed by atoms with Gasteiger partial charge in [0.05, 0.1) is 5.52 Å². The smallest absolute Gasteiger partial charge is 0.0708 e. The summed E-state index contributed by atoms with van der Waals surface area (Å²) >= 11 is 1.92. The predicted molar refractivity (Wildman–Crippen MR) is 85.8 cm³/mol. The van der Waals surface area contributed by atoms with Gasteiger partial charge in [-0.1, -0.05) is 18.2 Å². The average Bonchev–Trinajstić information content (AvgIpc) is 2.42. The third-order valence-electron chi connectivity index (χ3n) is 3.20. The molecule has 19 heavy (non-hydrogen) atoms. The number of thioether (sulfide) groups is 1. The van der Waals surface area contributed by atoms with Gasteiger partial charge in [-0.2, -0.15) is 11.8 Å². The molecule has 2 rings (SSSR count). The first-order valence-corrected chi connectivity index (χ1v) is 8.25. The minimum Gasteiger partial charge on any atom is -0.313 e. The van der Waals surface area contributed by atoms with E-state index in [-0.39, 0.29) is 0 Å². The molecule has 0 aliphatic rings. The lowest BCUT2D eigenvalue weighted by atomic mass is 10.1. The van der Waals surface area contributed by atoms with Gasteiger partial charge in [-0.15, -0.1) is 0 Å². The molecule has 1 aromatic heterocycles. The standard InChI is InChI=1S/C16H22N2S/c1-13-11-14(12-17-9-5-6-10-19-2)15-7-3-4-8-16(15)18-13/h3-4,7-8,11,17H,5-6,9-10,12H2,1-2H3. The van der Waals surface area contributed by atoms with Crippen LogP contribution in [0.15, 0.2) is 30.3 Å². The first-order valence-electron chi connectivity index (χ1n) is 6.86.